The van der Waals surface area contributed by atoms with Gasteiger partial charge >= 0.3 is 0 Å². The van der Waals surface area contributed by atoms with E-state index < -0.39 is 0 Å². The van der Waals surface area contributed by atoms with E-state index in [1.807, 2.05) is 0 Å². The summed E-state index contributed by atoms with van der Waals surface area (Å²) in [5, 5.41) is 0. The highest BCUT2D eigenvalue weighted by molar-refractivity contribution is 5.55. The summed E-state index contributed by atoms with van der Waals surface area (Å²) in [4.78, 5) is 5.03. The molecule has 0 amide bonds. The van der Waals surface area contributed by atoms with Gasteiger partial charge in [-0.1, -0.05) is 49.9 Å². The topological polar surface area (TPSA) is 6.48 Å². The summed E-state index contributed by atoms with van der Waals surface area (Å²) in [5.41, 5.74) is 6.02. The Morgan fingerprint density at radius 2 is 1.33 bits per heavy atom. The van der Waals surface area contributed by atoms with E-state index in [0.717, 1.165) is 6.54 Å². The fourth-order valence-corrected chi connectivity index (χ4v) is 4.06. The predicted octanol–water partition coefficient (Wildman–Crippen LogP) is 5.94. The zero-order valence-corrected chi connectivity index (χ0v) is 16.9. The number of hydrogen-bond acceptors (Lipinski definition) is 2. The van der Waals surface area contributed by atoms with Crippen LogP contribution in [0.5, 0.6) is 0 Å². The third-order valence-corrected chi connectivity index (χ3v) is 5.66. The van der Waals surface area contributed by atoms with Gasteiger partial charge < -0.3 is 4.90 Å². The number of nitrogens with zero attached hydrogens (tertiary/aromatic N) is 2. The van der Waals surface area contributed by atoms with Crippen molar-refractivity contribution in [3.05, 3.63) is 65.2 Å². The Labute approximate surface area is 167 Å². The number of fused-ring (bicyclic) bond motifs is 2. The summed E-state index contributed by atoms with van der Waals surface area (Å²) >= 11 is 0. The van der Waals surface area contributed by atoms with Gasteiger partial charge in [-0.05, 0) is 69.7 Å². The number of hydrogen-bond donors (Lipinski definition) is 0. The van der Waals surface area contributed by atoms with Crippen LogP contribution in [0.15, 0.2) is 48.5 Å². The molecule has 0 atom stereocenters. The molecular formula is C25H38N2. The third-order valence-electron chi connectivity index (χ3n) is 5.66. The van der Waals surface area contributed by atoms with Crippen LogP contribution in [0.4, 0.5) is 5.69 Å². The summed E-state index contributed by atoms with van der Waals surface area (Å²) in [6, 6.07) is 18.9. The highest BCUT2D eigenvalue weighted by atomic mass is 15.2. The van der Waals surface area contributed by atoms with E-state index in [-0.39, 0.29) is 7.43 Å². The first-order valence-corrected chi connectivity index (χ1v) is 10.2. The molecule has 0 fully saturated rings. The first kappa shape index (κ1) is 21.5. The van der Waals surface area contributed by atoms with E-state index in [2.05, 4.69) is 86.0 Å². The third kappa shape index (κ3) is 5.35. The second-order valence-corrected chi connectivity index (χ2v) is 8.10. The Hall–Kier alpha value is -1.80. The van der Waals surface area contributed by atoms with Crippen LogP contribution in [0, 0.1) is 0 Å². The van der Waals surface area contributed by atoms with E-state index in [1.54, 1.807) is 5.56 Å². The first-order valence-electron chi connectivity index (χ1n) is 10.2. The molecule has 2 nitrogen and oxygen atoms in total. The van der Waals surface area contributed by atoms with Gasteiger partial charge in [-0.3, -0.25) is 4.90 Å². The van der Waals surface area contributed by atoms with Crippen molar-refractivity contribution in [2.45, 2.75) is 73.0 Å². The molecule has 0 radical (unpaired) electrons. The van der Waals surface area contributed by atoms with Gasteiger partial charge in [0.15, 0.2) is 0 Å². The minimum absolute atomic E-state index is 0. The van der Waals surface area contributed by atoms with Crippen molar-refractivity contribution in [2.24, 2.45) is 0 Å². The van der Waals surface area contributed by atoms with Crippen LogP contribution >= 0.6 is 0 Å². The van der Waals surface area contributed by atoms with Crippen LogP contribution in [0.25, 0.3) is 0 Å². The minimum Gasteiger partial charge on any atom is -0.369 e. The number of aryl methyl sites for hydroxylation is 1. The van der Waals surface area contributed by atoms with Crippen LogP contribution in [-0.2, 0) is 19.4 Å². The average Bonchev–Trinajstić information content (AvgIpc) is 2.67. The Balaban J connectivity index is 0.000000187. The van der Waals surface area contributed by atoms with Crippen LogP contribution in [-0.4, -0.2) is 30.1 Å². The van der Waals surface area contributed by atoms with Gasteiger partial charge in [0.2, 0.25) is 0 Å². The number of anilines is 1. The molecule has 2 aliphatic heterocycles. The molecule has 2 aromatic carbocycles. The van der Waals surface area contributed by atoms with Gasteiger partial charge in [0.25, 0.3) is 0 Å². The second kappa shape index (κ2) is 9.94. The Morgan fingerprint density at radius 1 is 0.704 bits per heavy atom. The van der Waals surface area contributed by atoms with E-state index in [1.165, 1.54) is 49.2 Å². The minimum atomic E-state index is 0. The first-order chi connectivity index (χ1) is 12.6. The highest BCUT2D eigenvalue weighted by Gasteiger charge is 2.18. The molecule has 2 heterocycles. The van der Waals surface area contributed by atoms with E-state index in [0.29, 0.717) is 12.1 Å². The second-order valence-electron chi connectivity index (χ2n) is 8.10. The molecule has 148 valence electrons. The smallest absolute Gasteiger partial charge is 0.0401 e. The molecule has 0 spiro atoms. The monoisotopic (exact) mass is 366 g/mol. The number of benzene rings is 2. The van der Waals surface area contributed by atoms with Crippen molar-refractivity contribution in [1.29, 1.82) is 0 Å². The quantitative estimate of drug-likeness (QED) is 0.649. The standard InChI is InChI=1S/2C12H17N.CH4/c1-10(2)13-9-5-7-11-6-3-4-8-12(11)13;1-10(2)13-8-7-11-5-3-4-6-12(11)9-13;/h3-4,6,8,10H,5,7,9H2,1-2H3;3-6,10H,7-9H2,1-2H3;1H4. The lowest BCUT2D eigenvalue weighted by Gasteiger charge is -2.34. The normalized spacial score (nSPS) is 16.1. The van der Waals surface area contributed by atoms with Gasteiger partial charge in [-0.2, -0.15) is 0 Å². The van der Waals surface area contributed by atoms with Crippen LogP contribution < -0.4 is 4.90 Å². The maximum Gasteiger partial charge on any atom is 0.0401 e. The number of rotatable bonds is 2. The fourth-order valence-electron chi connectivity index (χ4n) is 4.06. The molecule has 4 rings (SSSR count). The van der Waals surface area contributed by atoms with Crippen molar-refractivity contribution >= 4 is 5.69 Å². The van der Waals surface area contributed by atoms with Crippen LogP contribution in [0.2, 0.25) is 0 Å². The average molecular weight is 367 g/mol. The largest absolute Gasteiger partial charge is 0.369 e. The van der Waals surface area contributed by atoms with Crippen molar-refractivity contribution < 1.29 is 0 Å². The highest BCUT2D eigenvalue weighted by Crippen LogP contribution is 2.27. The summed E-state index contributed by atoms with van der Waals surface area (Å²) < 4.78 is 0. The maximum absolute atomic E-state index is 2.53. The summed E-state index contributed by atoms with van der Waals surface area (Å²) in [5.74, 6) is 0. The molecule has 2 heteroatoms. The predicted molar refractivity (Wildman–Crippen MR) is 120 cm³/mol. The summed E-state index contributed by atoms with van der Waals surface area (Å²) in [6.07, 6.45) is 3.77. The lowest BCUT2D eigenvalue weighted by atomic mass is 9.99. The molecule has 27 heavy (non-hydrogen) atoms. The maximum atomic E-state index is 2.53. The molecule has 0 saturated heterocycles. The molecule has 2 aromatic rings. The molecule has 0 bridgehead atoms. The van der Waals surface area contributed by atoms with Crippen LogP contribution in [0.1, 0.15) is 58.2 Å². The van der Waals surface area contributed by atoms with Crippen molar-refractivity contribution in [3.63, 3.8) is 0 Å². The molecule has 0 aromatic heterocycles. The van der Waals surface area contributed by atoms with Gasteiger partial charge in [-0.25, -0.2) is 0 Å². The summed E-state index contributed by atoms with van der Waals surface area (Å²) in [6.45, 7) is 12.6. The van der Waals surface area contributed by atoms with Crippen molar-refractivity contribution in [2.75, 3.05) is 18.0 Å². The molecule has 0 unspecified atom stereocenters. The zero-order valence-electron chi connectivity index (χ0n) is 16.9. The molecule has 2 aliphatic rings. The SMILES string of the molecule is C.CC(C)N1CCCc2ccccc21.CC(C)N1CCc2ccccc2C1. The van der Waals surface area contributed by atoms with Crippen molar-refractivity contribution in [3.8, 4) is 0 Å². The van der Waals surface area contributed by atoms with Gasteiger partial charge in [0.1, 0.15) is 0 Å². The lowest BCUT2D eigenvalue weighted by Crippen LogP contribution is -2.35. The Bertz CT molecular complexity index is 705. The Morgan fingerprint density at radius 3 is 2.00 bits per heavy atom. The molecule has 0 N–H and O–H groups in total. The summed E-state index contributed by atoms with van der Waals surface area (Å²) in [7, 11) is 0. The van der Waals surface area contributed by atoms with Gasteiger partial charge in [-0.15, -0.1) is 0 Å². The molecule has 0 aliphatic carbocycles. The van der Waals surface area contributed by atoms with Gasteiger partial charge in [0, 0.05) is 37.4 Å². The lowest BCUT2D eigenvalue weighted by molar-refractivity contribution is 0.203. The van der Waals surface area contributed by atoms with E-state index in [4.69, 9.17) is 0 Å². The fraction of sp³-hybridized carbons (Fsp3) is 0.520. The molecular weight excluding hydrogens is 328 g/mol. The van der Waals surface area contributed by atoms with Gasteiger partial charge in [0.05, 0.1) is 0 Å². The van der Waals surface area contributed by atoms with Crippen LogP contribution in [0.3, 0.4) is 0 Å². The van der Waals surface area contributed by atoms with E-state index in [9.17, 15) is 0 Å². The molecule has 0 saturated carbocycles. The zero-order chi connectivity index (χ0) is 18.5. The Kier molecular flexibility index (Phi) is 7.91. The van der Waals surface area contributed by atoms with Crippen molar-refractivity contribution in [1.82, 2.24) is 4.90 Å². The number of para-hydroxylation sites is 1. The van der Waals surface area contributed by atoms with E-state index >= 15 is 0 Å².